The molecule has 39 heavy (non-hydrogen) atoms. The number of nitrogens with zero attached hydrogens (tertiary/aromatic N) is 1. The maximum absolute atomic E-state index is 13.4. The van der Waals surface area contributed by atoms with Crippen LogP contribution in [-0.2, 0) is 22.7 Å². The van der Waals surface area contributed by atoms with Crippen molar-refractivity contribution < 1.29 is 32.2 Å². The van der Waals surface area contributed by atoms with Crippen LogP contribution in [0.5, 0.6) is 5.75 Å². The number of alkyl halides is 3. The molecule has 9 nitrogen and oxygen atoms in total. The van der Waals surface area contributed by atoms with Crippen molar-refractivity contribution >= 4 is 34.5 Å². The van der Waals surface area contributed by atoms with Crippen molar-refractivity contribution in [1.29, 1.82) is 10.8 Å². The van der Waals surface area contributed by atoms with Crippen molar-refractivity contribution in [3.05, 3.63) is 101 Å². The molecule has 0 unspecified atom stereocenters. The van der Waals surface area contributed by atoms with E-state index in [1.54, 1.807) is 54.6 Å². The first-order valence-corrected chi connectivity index (χ1v) is 11.4. The summed E-state index contributed by atoms with van der Waals surface area (Å²) in [4.78, 5) is 25.3. The predicted octanol–water partition coefficient (Wildman–Crippen LogP) is 4.08. The number of amidine groups is 2. The number of carbonyl (C=O) groups excluding carboxylic acids is 2. The van der Waals surface area contributed by atoms with E-state index in [2.05, 4.69) is 0 Å². The molecule has 0 bridgehead atoms. The maximum Gasteiger partial charge on any atom is 0.491 e. The van der Waals surface area contributed by atoms with Crippen LogP contribution in [0.2, 0.25) is 0 Å². The molecule has 0 radical (unpaired) electrons. The van der Waals surface area contributed by atoms with Crippen molar-refractivity contribution in [2.75, 3.05) is 0 Å². The molecule has 0 saturated carbocycles. The Kier molecular flexibility index (Phi) is 7.38. The first-order valence-electron chi connectivity index (χ1n) is 11.4. The second kappa shape index (κ2) is 10.7. The fourth-order valence-corrected chi connectivity index (χ4v) is 3.96. The molecule has 0 aliphatic carbocycles. The first kappa shape index (κ1) is 26.9. The lowest BCUT2D eigenvalue weighted by Crippen LogP contribution is -2.28. The molecule has 0 fully saturated rings. The topological polar surface area (TPSA) is 157 Å². The fraction of sp³-hybridized carbons (Fsp3) is 0.111. The maximum atomic E-state index is 13.4. The molecule has 0 aliphatic rings. The minimum absolute atomic E-state index is 0.0462. The van der Waals surface area contributed by atoms with Gasteiger partial charge >= 0.3 is 18.1 Å². The summed E-state index contributed by atoms with van der Waals surface area (Å²) in [5, 5.41) is 15.3. The molecule has 0 atom stereocenters. The van der Waals surface area contributed by atoms with Crippen molar-refractivity contribution in [2.24, 2.45) is 11.5 Å². The van der Waals surface area contributed by atoms with Gasteiger partial charge in [0.2, 0.25) is 0 Å². The van der Waals surface area contributed by atoms with Crippen molar-refractivity contribution in [3.8, 4) is 5.75 Å². The number of fused-ring (bicyclic) bond motifs is 1. The lowest BCUT2D eigenvalue weighted by molar-refractivity contribution is -0.189. The van der Waals surface area contributed by atoms with Gasteiger partial charge < -0.3 is 25.5 Å². The van der Waals surface area contributed by atoms with Crippen molar-refractivity contribution in [1.82, 2.24) is 4.57 Å². The Balaban J connectivity index is 1.80. The summed E-state index contributed by atoms with van der Waals surface area (Å²) in [5.41, 5.74) is 12.8. The van der Waals surface area contributed by atoms with E-state index in [1.165, 1.54) is 22.8 Å². The van der Waals surface area contributed by atoms with Gasteiger partial charge in [-0.3, -0.25) is 10.8 Å². The number of halogens is 3. The molecule has 3 aromatic carbocycles. The summed E-state index contributed by atoms with van der Waals surface area (Å²) in [6.07, 6.45) is -5.31. The van der Waals surface area contributed by atoms with Gasteiger partial charge in [-0.2, -0.15) is 13.2 Å². The summed E-state index contributed by atoms with van der Waals surface area (Å²) in [6, 6.07) is 19.0. The number of aromatic nitrogens is 1. The summed E-state index contributed by atoms with van der Waals surface area (Å²) in [7, 11) is 0. The third kappa shape index (κ3) is 5.90. The number of carbonyl (C=O) groups is 2. The van der Waals surface area contributed by atoms with Gasteiger partial charge in [-0.15, -0.1) is 0 Å². The number of ether oxygens (including phenoxy) is 2. The Morgan fingerprint density at radius 1 is 0.846 bits per heavy atom. The smallest absolute Gasteiger partial charge is 0.456 e. The fourth-order valence-electron chi connectivity index (χ4n) is 3.96. The standard InChI is InChI=1S/C27H22F3N5O4/c28-27(29,30)26(37)39-22-19-9-1-2-10-20(19)35(13-15-5-3-7-17(11-15)23(31)32)21(22)25(36)38-14-16-6-4-8-18(12-16)24(33)34/h1-12H,13-14H2,(H3,31,32)(H3,33,34). The quantitative estimate of drug-likeness (QED) is 0.151. The summed E-state index contributed by atoms with van der Waals surface area (Å²) >= 11 is 0. The Morgan fingerprint density at radius 3 is 2.05 bits per heavy atom. The molecule has 0 saturated heterocycles. The van der Waals surface area contributed by atoms with Crippen LogP contribution in [0, 0.1) is 10.8 Å². The van der Waals surface area contributed by atoms with Gasteiger partial charge in [0.1, 0.15) is 18.3 Å². The average Bonchev–Trinajstić information content (AvgIpc) is 3.20. The van der Waals surface area contributed by atoms with Crippen LogP contribution in [0.1, 0.15) is 32.7 Å². The Morgan fingerprint density at radius 2 is 1.44 bits per heavy atom. The zero-order valence-corrected chi connectivity index (χ0v) is 20.2. The molecule has 0 aliphatic heterocycles. The monoisotopic (exact) mass is 537 g/mol. The predicted molar refractivity (Wildman–Crippen MR) is 137 cm³/mol. The molecule has 0 spiro atoms. The zero-order chi connectivity index (χ0) is 28.3. The van der Waals surface area contributed by atoms with E-state index in [4.69, 9.17) is 31.8 Å². The molecule has 12 heteroatoms. The van der Waals surface area contributed by atoms with Crippen LogP contribution in [0.15, 0.2) is 72.8 Å². The second-order valence-corrected chi connectivity index (χ2v) is 8.47. The van der Waals surface area contributed by atoms with Crippen LogP contribution in [0.3, 0.4) is 0 Å². The highest BCUT2D eigenvalue weighted by atomic mass is 19.4. The van der Waals surface area contributed by atoms with Gasteiger partial charge in [0.05, 0.1) is 5.52 Å². The van der Waals surface area contributed by atoms with E-state index in [-0.39, 0.29) is 30.2 Å². The minimum Gasteiger partial charge on any atom is -0.456 e. The number of nitrogens with two attached hydrogens (primary N) is 2. The molecule has 4 rings (SSSR count). The van der Waals surface area contributed by atoms with Crippen molar-refractivity contribution in [3.63, 3.8) is 0 Å². The Bertz CT molecular complexity index is 1610. The number of rotatable bonds is 8. The third-order valence-corrected chi connectivity index (χ3v) is 5.73. The third-order valence-electron chi connectivity index (χ3n) is 5.73. The second-order valence-electron chi connectivity index (χ2n) is 8.47. The minimum atomic E-state index is -5.31. The van der Waals surface area contributed by atoms with E-state index >= 15 is 0 Å². The lowest BCUT2D eigenvalue weighted by atomic mass is 10.1. The van der Waals surface area contributed by atoms with Gasteiger partial charge in [0, 0.05) is 23.1 Å². The molecule has 200 valence electrons. The van der Waals surface area contributed by atoms with E-state index in [9.17, 15) is 22.8 Å². The molecular weight excluding hydrogens is 515 g/mol. The molecule has 0 amide bonds. The largest absolute Gasteiger partial charge is 0.491 e. The number of esters is 2. The van der Waals surface area contributed by atoms with E-state index < -0.39 is 29.6 Å². The highest BCUT2D eigenvalue weighted by molar-refractivity contribution is 6.03. The summed E-state index contributed by atoms with van der Waals surface area (Å²) in [5.74, 6) is -4.53. The molecule has 1 aromatic heterocycles. The number of nitrogen functional groups attached to an aromatic ring is 2. The first-order chi connectivity index (χ1) is 18.5. The van der Waals surface area contributed by atoms with Crippen LogP contribution >= 0.6 is 0 Å². The van der Waals surface area contributed by atoms with Gasteiger partial charge in [-0.05, 0) is 35.4 Å². The van der Waals surface area contributed by atoms with Gasteiger partial charge in [-0.25, -0.2) is 9.59 Å². The van der Waals surface area contributed by atoms with Crippen LogP contribution in [0.4, 0.5) is 13.2 Å². The molecule has 4 aromatic rings. The van der Waals surface area contributed by atoms with Crippen LogP contribution in [-0.4, -0.2) is 34.4 Å². The molecule has 6 N–H and O–H groups in total. The van der Waals surface area contributed by atoms with Crippen LogP contribution < -0.4 is 16.2 Å². The summed E-state index contributed by atoms with van der Waals surface area (Å²) < 4.78 is 51.0. The Hall–Kier alpha value is -5.13. The Labute approximate surface area is 219 Å². The highest BCUT2D eigenvalue weighted by Crippen LogP contribution is 2.36. The number of benzene rings is 3. The van der Waals surface area contributed by atoms with Crippen LogP contribution in [0.25, 0.3) is 10.9 Å². The molecule has 1 heterocycles. The highest BCUT2D eigenvalue weighted by Gasteiger charge is 2.43. The van der Waals surface area contributed by atoms with Gasteiger partial charge in [-0.1, -0.05) is 48.5 Å². The summed E-state index contributed by atoms with van der Waals surface area (Å²) in [6.45, 7) is -0.344. The van der Waals surface area contributed by atoms with E-state index in [1.807, 2.05) is 0 Å². The average molecular weight is 537 g/mol. The lowest BCUT2D eigenvalue weighted by Gasteiger charge is -2.13. The number of hydrogen-bond donors (Lipinski definition) is 4. The van der Waals surface area contributed by atoms with Gasteiger partial charge in [0.25, 0.3) is 0 Å². The van der Waals surface area contributed by atoms with Gasteiger partial charge in [0.15, 0.2) is 11.4 Å². The number of nitrogens with one attached hydrogen (secondary N) is 2. The SMILES string of the molecule is N=C(N)c1cccc(COC(=O)c2c(OC(=O)C(F)(F)F)c3ccccc3n2Cc2cccc(C(=N)N)c2)c1. The van der Waals surface area contributed by atoms with Crippen molar-refractivity contribution in [2.45, 2.75) is 19.3 Å². The number of para-hydroxylation sites is 1. The van der Waals surface area contributed by atoms with E-state index in [0.717, 1.165) is 0 Å². The molecular formula is C27H22F3N5O4. The number of hydrogen-bond acceptors (Lipinski definition) is 6. The van der Waals surface area contributed by atoms with E-state index in [0.29, 0.717) is 27.8 Å². The normalized spacial score (nSPS) is 11.3. The zero-order valence-electron chi connectivity index (χ0n) is 20.2.